The molecule has 1 atom stereocenters. The maximum absolute atomic E-state index is 12.7. The second-order valence-corrected chi connectivity index (χ2v) is 10.1. The number of hydrogen-bond donors (Lipinski definition) is 2. The molecule has 3 heterocycles. The number of rotatable bonds is 10. The van der Waals surface area contributed by atoms with Crippen LogP contribution in [-0.4, -0.2) is 54.1 Å². The van der Waals surface area contributed by atoms with Crippen LogP contribution in [0, 0.1) is 6.92 Å². The van der Waals surface area contributed by atoms with Crippen molar-refractivity contribution < 1.29 is 32.5 Å². The van der Waals surface area contributed by atoms with Crippen molar-refractivity contribution >= 4 is 42.5 Å². The Morgan fingerprint density at radius 1 is 1.32 bits per heavy atom. The summed E-state index contributed by atoms with van der Waals surface area (Å²) in [5.41, 5.74) is 3.23. The highest BCUT2D eigenvalue weighted by Crippen LogP contribution is 2.43. The van der Waals surface area contributed by atoms with E-state index in [0.29, 0.717) is 24.3 Å². The lowest BCUT2D eigenvalue weighted by atomic mass is 10.0. The van der Waals surface area contributed by atoms with Crippen molar-refractivity contribution in [3.63, 3.8) is 0 Å². The van der Waals surface area contributed by atoms with Gasteiger partial charge in [-0.05, 0) is 49.7 Å². The van der Waals surface area contributed by atoms with Gasteiger partial charge >= 0.3 is 7.82 Å². The highest BCUT2D eigenvalue weighted by Gasteiger charge is 2.29. The van der Waals surface area contributed by atoms with Crippen LogP contribution in [0.3, 0.4) is 0 Å². The number of aromatic nitrogens is 1. The van der Waals surface area contributed by atoms with E-state index in [0.717, 1.165) is 27.9 Å². The lowest BCUT2D eigenvalue weighted by molar-refractivity contribution is -0.125. The Morgan fingerprint density at radius 2 is 2.11 bits per heavy atom. The number of pyridine rings is 1. The molecule has 0 spiro atoms. The van der Waals surface area contributed by atoms with Crippen LogP contribution in [0.1, 0.15) is 28.9 Å². The third kappa shape index (κ3) is 6.33. The van der Waals surface area contributed by atoms with E-state index in [1.165, 1.54) is 17.2 Å². The first-order valence-electron chi connectivity index (χ1n) is 11.6. The fourth-order valence-electron chi connectivity index (χ4n) is 3.95. The number of aryl methyl sites for hydroxylation is 2. The molecule has 1 aliphatic rings. The number of para-hydroxylation sites is 1. The molecule has 196 valence electrons. The van der Waals surface area contributed by atoms with E-state index in [4.69, 9.17) is 13.5 Å². The lowest BCUT2D eigenvalue weighted by Gasteiger charge is -2.28. The summed E-state index contributed by atoms with van der Waals surface area (Å²) in [5, 5.41) is 3.60. The molecule has 11 nitrogen and oxygen atoms in total. The van der Waals surface area contributed by atoms with Gasteiger partial charge in [-0.1, -0.05) is 18.2 Å². The van der Waals surface area contributed by atoms with Crippen LogP contribution in [0.15, 0.2) is 47.0 Å². The number of phosphoric ester groups is 1. The lowest BCUT2D eigenvalue weighted by Crippen LogP contribution is -2.37. The highest BCUT2D eigenvalue weighted by atomic mass is 31.2. The molecule has 4 rings (SSSR count). The van der Waals surface area contributed by atoms with Crippen LogP contribution in [0.4, 0.5) is 5.82 Å². The van der Waals surface area contributed by atoms with Crippen molar-refractivity contribution in [2.75, 3.05) is 32.5 Å². The molecule has 2 aromatic heterocycles. The predicted octanol–water partition coefficient (Wildman–Crippen LogP) is 3.36. The molecule has 0 aliphatic carbocycles. The number of carbonyl (C=O) groups is 2. The topological polar surface area (TPSA) is 134 Å². The average molecular weight is 529 g/mol. The summed E-state index contributed by atoms with van der Waals surface area (Å²) in [4.78, 5) is 42.0. The SMILES string of the molecule is CNCOP(=O)(O)OCN1C(=O)CCc2cc(/C=C/C(=O)N(C)Cc3oc4ccccc4c3C)cnc21. The highest BCUT2D eigenvalue weighted by molar-refractivity contribution is 7.47. The van der Waals surface area contributed by atoms with Gasteiger partial charge in [-0.15, -0.1) is 0 Å². The maximum Gasteiger partial charge on any atom is 0.475 e. The average Bonchev–Trinajstić information content (AvgIpc) is 3.20. The van der Waals surface area contributed by atoms with E-state index in [1.807, 2.05) is 37.3 Å². The van der Waals surface area contributed by atoms with Gasteiger partial charge in [-0.3, -0.25) is 28.9 Å². The minimum absolute atomic E-state index is 0.182. The van der Waals surface area contributed by atoms with Crippen LogP contribution in [0.5, 0.6) is 0 Å². The number of hydrogen-bond acceptors (Lipinski definition) is 8. The first kappa shape index (κ1) is 26.7. The van der Waals surface area contributed by atoms with Gasteiger partial charge in [0.1, 0.15) is 30.6 Å². The predicted molar refractivity (Wildman–Crippen MR) is 137 cm³/mol. The molecule has 0 bridgehead atoms. The van der Waals surface area contributed by atoms with E-state index in [9.17, 15) is 19.0 Å². The number of nitrogens with zero attached hydrogens (tertiary/aromatic N) is 3. The Morgan fingerprint density at radius 3 is 2.86 bits per heavy atom. The standard InChI is InChI=1S/C25H29N4O7P/c1-17-20-6-4-5-7-21(20)36-22(17)14-28(3)23(30)10-8-18-12-19-9-11-24(31)29(25(19)27-13-18)16-35-37(32,33)34-15-26-2/h4-8,10,12-13,26H,9,11,14-16H2,1-3H3,(H,32,33)/b10-8+. The Kier molecular flexibility index (Phi) is 8.21. The van der Waals surface area contributed by atoms with Gasteiger partial charge in [0.05, 0.1) is 6.54 Å². The molecule has 37 heavy (non-hydrogen) atoms. The zero-order valence-corrected chi connectivity index (χ0v) is 21.7. The van der Waals surface area contributed by atoms with Gasteiger partial charge in [0, 0.05) is 36.7 Å². The van der Waals surface area contributed by atoms with Crippen molar-refractivity contribution in [3.05, 3.63) is 65.1 Å². The molecular formula is C25H29N4O7P. The van der Waals surface area contributed by atoms with Crippen LogP contribution >= 0.6 is 7.82 Å². The zero-order chi connectivity index (χ0) is 26.6. The second kappa shape index (κ2) is 11.4. The summed E-state index contributed by atoms with van der Waals surface area (Å²) >= 11 is 0. The maximum atomic E-state index is 12.7. The minimum atomic E-state index is -4.34. The van der Waals surface area contributed by atoms with Gasteiger partial charge < -0.3 is 14.2 Å². The summed E-state index contributed by atoms with van der Waals surface area (Å²) in [7, 11) is -1.08. The largest absolute Gasteiger partial charge is 0.475 e. The van der Waals surface area contributed by atoms with Crippen LogP contribution in [0.2, 0.25) is 0 Å². The monoisotopic (exact) mass is 528 g/mol. The van der Waals surface area contributed by atoms with E-state index >= 15 is 0 Å². The molecule has 2 amide bonds. The van der Waals surface area contributed by atoms with Crippen LogP contribution in [-0.2, 0) is 36.2 Å². The molecule has 0 fully saturated rings. The molecule has 1 unspecified atom stereocenters. The molecule has 2 N–H and O–H groups in total. The van der Waals surface area contributed by atoms with Gasteiger partial charge in [0.25, 0.3) is 0 Å². The number of fused-ring (bicyclic) bond motifs is 2. The second-order valence-electron chi connectivity index (χ2n) is 8.60. The van der Waals surface area contributed by atoms with E-state index in [2.05, 4.69) is 10.3 Å². The van der Waals surface area contributed by atoms with E-state index in [1.54, 1.807) is 25.1 Å². The molecule has 3 aromatic rings. The Labute approximate surface area is 214 Å². The van der Waals surface area contributed by atoms with E-state index in [-0.39, 0.29) is 25.0 Å². The first-order chi connectivity index (χ1) is 17.7. The number of nitrogens with one attached hydrogen (secondary N) is 1. The number of likely N-dealkylation sites (N-methyl/N-ethyl adjacent to an activating group) is 1. The van der Waals surface area contributed by atoms with Gasteiger partial charge in [0.2, 0.25) is 11.8 Å². The van der Waals surface area contributed by atoms with Crippen LogP contribution < -0.4 is 10.2 Å². The molecule has 1 aliphatic heterocycles. The minimum Gasteiger partial charge on any atom is -0.459 e. The molecule has 1 aromatic carbocycles. The van der Waals surface area contributed by atoms with Crippen molar-refractivity contribution in [1.29, 1.82) is 0 Å². The molecule has 0 radical (unpaired) electrons. The number of anilines is 1. The number of phosphoric acid groups is 1. The molecule has 0 saturated carbocycles. The number of carbonyl (C=O) groups excluding carboxylic acids is 2. The summed E-state index contributed by atoms with van der Waals surface area (Å²) in [5.74, 6) is 0.583. The smallest absolute Gasteiger partial charge is 0.459 e. The van der Waals surface area contributed by atoms with Gasteiger partial charge in [-0.2, -0.15) is 0 Å². The molecule has 12 heteroatoms. The molecular weight excluding hydrogens is 499 g/mol. The van der Waals surface area contributed by atoms with Gasteiger partial charge in [0.15, 0.2) is 0 Å². The Hall–Kier alpha value is -3.34. The summed E-state index contributed by atoms with van der Waals surface area (Å²) < 4.78 is 27.5. The van der Waals surface area contributed by atoms with Crippen molar-refractivity contribution in [1.82, 2.24) is 15.2 Å². The van der Waals surface area contributed by atoms with Crippen LogP contribution in [0.25, 0.3) is 17.0 Å². The van der Waals surface area contributed by atoms with E-state index < -0.39 is 14.6 Å². The third-order valence-electron chi connectivity index (χ3n) is 5.97. The third-order valence-corrected chi connectivity index (χ3v) is 6.87. The normalized spacial score (nSPS) is 15.2. The number of benzene rings is 1. The fourth-order valence-corrected chi connectivity index (χ4v) is 4.57. The number of amides is 2. The van der Waals surface area contributed by atoms with Crippen molar-refractivity contribution in [2.45, 2.75) is 26.3 Å². The number of furan rings is 1. The summed E-state index contributed by atoms with van der Waals surface area (Å²) in [6.07, 6.45) is 5.27. The van der Waals surface area contributed by atoms with Crippen molar-refractivity contribution in [3.8, 4) is 0 Å². The molecule has 0 saturated heterocycles. The Bertz CT molecular complexity index is 1390. The first-order valence-corrected chi connectivity index (χ1v) is 13.1. The zero-order valence-electron chi connectivity index (χ0n) is 20.8. The van der Waals surface area contributed by atoms with Gasteiger partial charge in [-0.25, -0.2) is 9.55 Å². The Balaban J connectivity index is 1.42. The summed E-state index contributed by atoms with van der Waals surface area (Å²) in [6.45, 7) is 1.64. The quantitative estimate of drug-likeness (QED) is 0.231. The van der Waals surface area contributed by atoms with Crippen molar-refractivity contribution in [2.24, 2.45) is 0 Å². The fraction of sp³-hybridized carbons (Fsp3) is 0.320. The summed E-state index contributed by atoms with van der Waals surface area (Å²) in [6, 6.07) is 9.57.